The van der Waals surface area contributed by atoms with Crippen LogP contribution in [0.3, 0.4) is 0 Å². The van der Waals surface area contributed by atoms with Gasteiger partial charge >= 0.3 is 5.97 Å². The van der Waals surface area contributed by atoms with Gasteiger partial charge in [-0.25, -0.2) is 4.79 Å². The molecule has 0 saturated carbocycles. The van der Waals surface area contributed by atoms with E-state index in [4.69, 9.17) is 5.73 Å². The van der Waals surface area contributed by atoms with Crippen LogP contribution in [0.5, 0.6) is 0 Å². The summed E-state index contributed by atoms with van der Waals surface area (Å²) in [4.78, 5) is 21.9. The molecule has 0 spiro atoms. The summed E-state index contributed by atoms with van der Waals surface area (Å²) in [5.41, 5.74) is 6.27. The number of carbonyl (C=O) groups is 1. The average Bonchev–Trinajstić information content (AvgIpc) is 2.39. The van der Waals surface area contributed by atoms with Crippen molar-refractivity contribution in [3.05, 3.63) is 38.9 Å². The number of non-ortho nitro benzene ring substituents is 1. The van der Waals surface area contributed by atoms with Crippen LogP contribution in [0.15, 0.2) is 12.1 Å². The number of hydrogen-bond donors (Lipinski definition) is 1. The SMILES string of the molecule is COC(=O)c1cc([N+](=O)[O-])cc(C#CCCN)c1C. The molecule has 0 aliphatic carbocycles. The standard InChI is InChI=1S/C13H14N2O4/c1-9-10(5-3-4-6-14)7-11(15(17)18)8-12(9)13(16)19-2/h7-8H,4,6,14H2,1-2H3. The molecule has 0 heterocycles. The van der Waals surface area contributed by atoms with E-state index in [2.05, 4.69) is 16.6 Å². The number of esters is 1. The number of ether oxygens (including phenoxy) is 1. The third-order valence-corrected chi connectivity index (χ3v) is 2.50. The minimum absolute atomic E-state index is 0.147. The van der Waals surface area contributed by atoms with Crippen LogP contribution in [0.1, 0.15) is 27.9 Å². The number of nitrogens with two attached hydrogens (primary N) is 1. The van der Waals surface area contributed by atoms with Crippen molar-refractivity contribution >= 4 is 11.7 Å². The van der Waals surface area contributed by atoms with Crippen molar-refractivity contribution in [1.82, 2.24) is 0 Å². The van der Waals surface area contributed by atoms with Crippen LogP contribution in [0.4, 0.5) is 5.69 Å². The van der Waals surface area contributed by atoms with Gasteiger partial charge in [0.2, 0.25) is 0 Å². The van der Waals surface area contributed by atoms with E-state index in [1.807, 2.05) is 0 Å². The summed E-state index contributed by atoms with van der Waals surface area (Å²) in [5, 5.41) is 10.8. The van der Waals surface area contributed by atoms with Gasteiger partial charge in [-0.05, 0) is 12.5 Å². The molecule has 0 fully saturated rings. The summed E-state index contributed by atoms with van der Waals surface area (Å²) in [6, 6.07) is 2.53. The van der Waals surface area contributed by atoms with Crippen molar-refractivity contribution in [2.45, 2.75) is 13.3 Å². The first-order valence-corrected chi connectivity index (χ1v) is 5.57. The summed E-state index contributed by atoms with van der Waals surface area (Å²) in [6.07, 6.45) is 0.482. The molecule has 0 atom stereocenters. The molecule has 1 aromatic rings. The van der Waals surface area contributed by atoms with Crippen LogP contribution >= 0.6 is 0 Å². The second kappa shape index (κ2) is 6.52. The van der Waals surface area contributed by atoms with E-state index in [0.717, 1.165) is 0 Å². The maximum absolute atomic E-state index is 11.6. The molecule has 0 radical (unpaired) electrons. The lowest BCUT2D eigenvalue weighted by molar-refractivity contribution is -0.384. The first-order valence-electron chi connectivity index (χ1n) is 5.57. The lowest BCUT2D eigenvalue weighted by Gasteiger charge is -2.06. The van der Waals surface area contributed by atoms with Crippen LogP contribution in [-0.4, -0.2) is 24.5 Å². The van der Waals surface area contributed by atoms with Crippen molar-refractivity contribution < 1.29 is 14.5 Å². The molecule has 6 heteroatoms. The van der Waals surface area contributed by atoms with Crippen LogP contribution in [0, 0.1) is 28.9 Å². The minimum Gasteiger partial charge on any atom is -0.465 e. The average molecular weight is 262 g/mol. The lowest BCUT2D eigenvalue weighted by Crippen LogP contribution is -2.06. The fourth-order valence-corrected chi connectivity index (χ4v) is 1.49. The predicted octanol–water partition coefficient (Wildman–Crippen LogP) is 1.39. The lowest BCUT2D eigenvalue weighted by atomic mass is 10.0. The number of carbonyl (C=O) groups excluding carboxylic acids is 1. The highest BCUT2D eigenvalue weighted by molar-refractivity contribution is 5.92. The van der Waals surface area contributed by atoms with Crippen LogP contribution in [0.2, 0.25) is 0 Å². The Labute approximate surface area is 110 Å². The molecule has 0 unspecified atom stereocenters. The van der Waals surface area contributed by atoms with Gasteiger partial charge in [-0.2, -0.15) is 0 Å². The second-order valence-corrected chi connectivity index (χ2v) is 3.76. The molecule has 0 aromatic heterocycles. The number of benzene rings is 1. The van der Waals surface area contributed by atoms with Gasteiger partial charge in [-0.15, -0.1) is 0 Å². The molecule has 100 valence electrons. The van der Waals surface area contributed by atoms with Crippen LogP contribution < -0.4 is 5.73 Å². The number of rotatable bonds is 3. The maximum atomic E-state index is 11.6. The fraction of sp³-hybridized carbons (Fsp3) is 0.308. The summed E-state index contributed by atoms with van der Waals surface area (Å²) in [5.74, 6) is 4.96. The van der Waals surface area contributed by atoms with Crippen LogP contribution in [-0.2, 0) is 4.74 Å². The predicted molar refractivity (Wildman–Crippen MR) is 69.7 cm³/mol. The zero-order valence-corrected chi connectivity index (χ0v) is 10.7. The summed E-state index contributed by atoms with van der Waals surface area (Å²) in [7, 11) is 1.22. The van der Waals surface area contributed by atoms with Crippen molar-refractivity contribution in [2.75, 3.05) is 13.7 Å². The number of nitro benzene ring substituents is 1. The molecule has 0 saturated heterocycles. The van der Waals surface area contributed by atoms with Crippen LogP contribution in [0.25, 0.3) is 0 Å². The van der Waals surface area contributed by atoms with Gasteiger partial charge in [0.1, 0.15) is 0 Å². The first-order chi connectivity index (χ1) is 9.01. The van der Waals surface area contributed by atoms with Crippen molar-refractivity contribution in [3.63, 3.8) is 0 Å². The second-order valence-electron chi connectivity index (χ2n) is 3.76. The molecule has 1 rings (SSSR count). The van der Waals surface area contributed by atoms with Gasteiger partial charge in [0.25, 0.3) is 5.69 Å². The molecular weight excluding hydrogens is 248 g/mol. The highest BCUT2D eigenvalue weighted by Crippen LogP contribution is 2.22. The minimum atomic E-state index is -0.622. The van der Waals surface area contributed by atoms with E-state index < -0.39 is 10.9 Å². The normalized spacial score (nSPS) is 9.42. The monoisotopic (exact) mass is 262 g/mol. The van der Waals surface area contributed by atoms with E-state index in [1.54, 1.807) is 6.92 Å². The zero-order chi connectivity index (χ0) is 14.4. The number of nitrogens with zero attached hydrogens (tertiary/aromatic N) is 1. The van der Waals surface area contributed by atoms with E-state index in [9.17, 15) is 14.9 Å². The molecule has 19 heavy (non-hydrogen) atoms. The van der Waals surface area contributed by atoms with Gasteiger partial charge < -0.3 is 10.5 Å². The van der Waals surface area contributed by atoms with E-state index in [0.29, 0.717) is 24.1 Å². The molecule has 0 aliphatic rings. The van der Waals surface area contributed by atoms with Gasteiger partial charge in [-0.1, -0.05) is 11.8 Å². The van der Waals surface area contributed by atoms with E-state index in [-0.39, 0.29) is 11.3 Å². The Balaban J connectivity index is 3.38. The molecule has 0 amide bonds. The number of methoxy groups -OCH3 is 1. The molecule has 6 nitrogen and oxygen atoms in total. The Hall–Kier alpha value is -2.39. The van der Waals surface area contributed by atoms with Gasteiger partial charge in [0.05, 0.1) is 17.6 Å². The summed E-state index contributed by atoms with van der Waals surface area (Å²) in [6.45, 7) is 2.08. The number of nitro groups is 1. The quantitative estimate of drug-likeness (QED) is 0.384. The van der Waals surface area contributed by atoms with Gasteiger partial charge in [0, 0.05) is 30.7 Å². The van der Waals surface area contributed by atoms with Gasteiger partial charge in [-0.3, -0.25) is 10.1 Å². The summed E-state index contributed by atoms with van der Waals surface area (Å²) < 4.78 is 4.60. The fourth-order valence-electron chi connectivity index (χ4n) is 1.49. The molecule has 0 bridgehead atoms. The van der Waals surface area contributed by atoms with Crippen molar-refractivity contribution in [3.8, 4) is 11.8 Å². The Morgan fingerprint density at radius 3 is 2.74 bits per heavy atom. The van der Waals surface area contributed by atoms with Gasteiger partial charge in [0.15, 0.2) is 0 Å². The zero-order valence-electron chi connectivity index (χ0n) is 10.7. The maximum Gasteiger partial charge on any atom is 0.338 e. The molecule has 2 N–H and O–H groups in total. The van der Waals surface area contributed by atoms with Crippen molar-refractivity contribution in [1.29, 1.82) is 0 Å². The Morgan fingerprint density at radius 2 is 2.21 bits per heavy atom. The Morgan fingerprint density at radius 1 is 1.53 bits per heavy atom. The van der Waals surface area contributed by atoms with E-state index in [1.165, 1.54) is 19.2 Å². The summed E-state index contributed by atoms with van der Waals surface area (Å²) >= 11 is 0. The molecular formula is C13H14N2O4. The smallest absolute Gasteiger partial charge is 0.338 e. The first kappa shape index (κ1) is 14.7. The highest BCUT2D eigenvalue weighted by Gasteiger charge is 2.18. The molecule has 0 aliphatic heterocycles. The van der Waals surface area contributed by atoms with E-state index >= 15 is 0 Å². The third-order valence-electron chi connectivity index (χ3n) is 2.50. The Kier molecular flexibility index (Phi) is 5.03. The topological polar surface area (TPSA) is 95.5 Å². The Bertz CT molecular complexity index is 570. The third kappa shape index (κ3) is 3.53. The highest BCUT2D eigenvalue weighted by atomic mass is 16.6. The molecule has 1 aromatic carbocycles. The largest absolute Gasteiger partial charge is 0.465 e. The number of hydrogen-bond acceptors (Lipinski definition) is 5. The van der Waals surface area contributed by atoms with Crippen molar-refractivity contribution in [2.24, 2.45) is 5.73 Å².